The van der Waals surface area contributed by atoms with Gasteiger partial charge in [-0.3, -0.25) is 59.0 Å². The van der Waals surface area contributed by atoms with Crippen molar-refractivity contribution in [2.75, 3.05) is 26.2 Å². The molecule has 1 fully saturated rings. The normalized spacial score (nSPS) is 16.4. The summed E-state index contributed by atoms with van der Waals surface area (Å²) in [6.45, 7) is 21.8. The fourth-order valence-corrected chi connectivity index (χ4v) is 12.5. The lowest BCUT2D eigenvalue weighted by Crippen LogP contribution is -2.59. The molecular weight excluding hydrogens is 1160 g/mol. The van der Waals surface area contributed by atoms with Gasteiger partial charge in [0.15, 0.2) is 0 Å². The van der Waals surface area contributed by atoms with Gasteiger partial charge in [0.25, 0.3) is 15.9 Å². The van der Waals surface area contributed by atoms with E-state index in [4.69, 9.17) is 16.2 Å². The van der Waals surface area contributed by atoms with Crippen LogP contribution in [0.3, 0.4) is 0 Å². The summed E-state index contributed by atoms with van der Waals surface area (Å²) in [5.41, 5.74) is 19.5. The highest BCUT2D eigenvalue weighted by Gasteiger charge is 2.37. The number of rotatable bonds is 33. The van der Waals surface area contributed by atoms with Crippen LogP contribution in [-0.4, -0.2) is 140 Å². The van der Waals surface area contributed by atoms with Crippen molar-refractivity contribution in [3.63, 3.8) is 0 Å². The fourth-order valence-electron chi connectivity index (χ4n) is 11.0. The lowest BCUT2D eigenvalue weighted by molar-refractivity contribution is -0.138. The third-order valence-electron chi connectivity index (χ3n) is 15.8. The molecule has 4 rings (SSSR count). The van der Waals surface area contributed by atoms with Gasteiger partial charge >= 0.3 is 0 Å². The van der Waals surface area contributed by atoms with Crippen LogP contribution in [0.5, 0.6) is 5.75 Å². The molecular formula is C63H101N13O12S. The molecule has 89 heavy (non-hydrogen) atoms. The van der Waals surface area contributed by atoms with E-state index in [1.54, 1.807) is 13.8 Å². The van der Waals surface area contributed by atoms with Crippen molar-refractivity contribution in [3.05, 3.63) is 58.1 Å². The first kappa shape index (κ1) is 74.1. The number of hydrogen-bond donors (Lipinski definition) is 11. The Balaban J connectivity index is 1.62. The van der Waals surface area contributed by atoms with Gasteiger partial charge in [0, 0.05) is 26.4 Å². The first-order chi connectivity index (χ1) is 41.8. The van der Waals surface area contributed by atoms with Crippen LogP contribution in [0.1, 0.15) is 174 Å². The second kappa shape index (κ2) is 35.1. The minimum Gasteiger partial charge on any atom is -0.487 e. The predicted molar refractivity (Wildman–Crippen MR) is 340 cm³/mol. The maximum absolute atomic E-state index is 14.7. The highest BCUT2D eigenvalue weighted by Crippen LogP contribution is 2.42. The molecule has 2 aromatic carbocycles. The Morgan fingerprint density at radius 2 is 1.26 bits per heavy atom. The van der Waals surface area contributed by atoms with Gasteiger partial charge < -0.3 is 53.0 Å². The van der Waals surface area contributed by atoms with Gasteiger partial charge in [0.2, 0.25) is 53.2 Å². The Bertz CT molecular complexity index is 2940. The molecule has 26 heteroatoms. The summed E-state index contributed by atoms with van der Waals surface area (Å²) < 4.78 is 36.9. The zero-order valence-corrected chi connectivity index (χ0v) is 55.2. The number of carbonyl (C=O) groups excluding carboxylic acids is 9. The molecule has 25 nitrogen and oxygen atoms in total. The summed E-state index contributed by atoms with van der Waals surface area (Å²) in [7, 11) is -4.28. The summed E-state index contributed by atoms with van der Waals surface area (Å²) >= 11 is 0. The van der Waals surface area contributed by atoms with Crippen LogP contribution in [0.2, 0.25) is 0 Å². The molecule has 13 N–H and O–H groups in total. The SMILES string of the molecule is CC(=O)N1CCC[C@H]1C(=O)N[C@@H](CC(C)C)C(=O)NCC(=O)N[C@@H](CCc1ccccc1)C(=O)N[C@@H](CCCN=C(N)NS(=O)(=O)c1c(C)c(C)c2c(c1C)CCC(C)(C)O2)C(=O)N[C@@H](CC(C)C)C(=O)N[C@H](CC(C)C)C(=O)NNC(=O)CCCCCN. The summed E-state index contributed by atoms with van der Waals surface area (Å²) in [5, 5.41) is 16.4. The number of benzene rings is 2. The minimum absolute atomic E-state index is 0.0189. The Morgan fingerprint density at radius 1 is 0.685 bits per heavy atom. The van der Waals surface area contributed by atoms with E-state index in [0.717, 1.165) is 24.0 Å². The number of nitrogens with two attached hydrogens (primary N) is 2. The lowest BCUT2D eigenvalue weighted by atomic mass is 9.88. The van der Waals surface area contributed by atoms with Gasteiger partial charge in [-0.1, -0.05) is 78.3 Å². The Labute approximate surface area is 526 Å². The van der Waals surface area contributed by atoms with Crippen LogP contribution in [-0.2, 0) is 66.0 Å². The average Bonchev–Trinajstić information content (AvgIpc) is 1.29. The summed E-state index contributed by atoms with van der Waals surface area (Å²) in [6, 6.07) is 2.23. The number of amides is 9. The molecule has 0 aliphatic carbocycles. The largest absolute Gasteiger partial charge is 0.487 e. The molecule has 2 aliphatic rings. The average molecular weight is 1260 g/mol. The standard InChI is InChI=1S/C63H101N13O12S/c1-37(2)33-48(72-61(85)51-24-20-32-76(51)43(10)77)56(80)67-36-53(79)68-47(27-26-44-21-15-13-16-22-44)58(82)69-46(23-19-31-66-62(65)75-89(86,87)55-41(8)40(7)54-45(42(55)9)28-29-63(11,12)88-54)57(81)70-49(34-38(3)4)59(83)71-50(35-39(5)6)60(84)74-73-52(78)25-17-14-18-30-64/h13,15-16,21-22,37-39,46-51H,14,17-20,23-36,64H2,1-12H3,(H,67,80)(H,68,79)(H,69,82)(H,70,81)(H,71,83)(H,72,85)(H,73,78)(H,74,84)(H3,65,66,75)/t46-,47-,48-,49-,50+,51-/m0/s1. The number of aliphatic imine (C=N–C) groups is 1. The number of ether oxygens (including phenoxy) is 1. The van der Waals surface area contributed by atoms with E-state index in [-0.39, 0.29) is 86.5 Å². The highest BCUT2D eigenvalue weighted by atomic mass is 32.2. The van der Waals surface area contributed by atoms with Crippen molar-refractivity contribution in [1.82, 2.24) is 52.4 Å². The van der Waals surface area contributed by atoms with Crippen molar-refractivity contribution in [2.45, 2.75) is 226 Å². The Hall–Kier alpha value is -7.35. The summed E-state index contributed by atoms with van der Waals surface area (Å²) in [5.74, 6) is -5.71. The van der Waals surface area contributed by atoms with Gasteiger partial charge in [0.05, 0.1) is 11.4 Å². The monoisotopic (exact) mass is 1260 g/mol. The van der Waals surface area contributed by atoms with E-state index in [2.05, 4.69) is 52.5 Å². The molecule has 2 aliphatic heterocycles. The Morgan fingerprint density at radius 3 is 1.85 bits per heavy atom. The molecule has 0 spiro atoms. The predicted octanol–water partition coefficient (Wildman–Crippen LogP) is 3.08. The van der Waals surface area contributed by atoms with Crippen molar-refractivity contribution >= 4 is 69.1 Å². The number of carbonyl (C=O) groups is 9. The van der Waals surface area contributed by atoms with E-state index in [0.29, 0.717) is 67.6 Å². The summed E-state index contributed by atoms with van der Waals surface area (Å²) in [4.78, 5) is 129. The van der Waals surface area contributed by atoms with Crippen LogP contribution in [0, 0.1) is 38.5 Å². The molecule has 2 aromatic rings. The van der Waals surface area contributed by atoms with Crippen molar-refractivity contribution in [1.29, 1.82) is 0 Å². The number of nitrogens with one attached hydrogen (secondary N) is 9. The molecule has 496 valence electrons. The zero-order chi connectivity index (χ0) is 66.3. The van der Waals surface area contributed by atoms with Crippen LogP contribution < -0.4 is 63.7 Å². The molecule has 0 bridgehead atoms. The number of unbranched alkanes of at least 4 members (excludes halogenated alkanes) is 2. The second-order valence-electron chi connectivity index (χ2n) is 25.4. The van der Waals surface area contributed by atoms with Crippen molar-refractivity contribution in [2.24, 2.45) is 34.2 Å². The van der Waals surface area contributed by atoms with E-state index >= 15 is 0 Å². The maximum Gasteiger partial charge on any atom is 0.264 e. The van der Waals surface area contributed by atoms with E-state index in [9.17, 15) is 51.6 Å². The number of likely N-dealkylation sites (tertiary alicyclic amines) is 1. The molecule has 1 saturated heterocycles. The van der Waals surface area contributed by atoms with Crippen molar-refractivity contribution in [3.8, 4) is 5.75 Å². The Kier molecular flexibility index (Phi) is 29.3. The highest BCUT2D eigenvalue weighted by molar-refractivity contribution is 7.90. The molecule has 0 saturated carbocycles. The number of fused-ring (bicyclic) bond motifs is 1. The van der Waals surface area contributed by atoms with Gasteiger partial charge in [-0.15, -0.1) is 0 Å². The van der Waals surface area contributed by atoms with Gasteiger partial charge in [0.1, 0.15) is 47.6 Å². The quantitative estimate of drug-likeness (QED) is 0.0212. The van der Waals surface area contributed by atoms with Gasteiger partial charge in [-0.25, -0.2) is 13.1 Å². The number of nitrogens with zero attached hydrogens (tertiary/aromatic N) is 2. The third-order valence-corrected chi connectivity index (χ3v) is 17.4. The molecule has 2 heterocycles. The van der Waals surface area contributed by atoms with Crippen LogP contribution in [0.4, 0.5) is 0 Å². The van der Waals surface area contributed by atoms with Crippen LogP contribution in [0.25, 0.3) is 0 Å². The first-order valence-corrected chi connectivity index (χ1v) is 32.9. The van der Waals surface area contributed by atoms with Crippen LogP contribution in [0.15, 0.2) is 40.2 Å². The topological polar surface area (TPSA) is 373 Å². The lowest BCUT2D eigenvalue weighted by Gasteiger charge is -2.35. The molecule has 9 amide bonds. The fraction of sp³-hybridized carbons (Fsp3) is 0.651. The first-order valence-electron chi connectivity index (χ1n) is 31.4. The zero-order valence-electron chi connectivity index (χ0n) is 54.4. The number of hydrogen-bond acceptors (Lipinski definition) is 14. The molecule has 0 radical (unpaired) electrons. The van der Waals surface area contributed by atoms with Gasteiger partial charge in [-0.05, 0) is 170 Å². The number of guanidine groups is 1. The second-order valence-corrected chi connectivity index (χ2v) is 27.0. The third kappa shape index (κ3) is 23.8. The number of hydrazine groups is 1. The van der Waals surface area contributed by atoms with E-state index in [1.807, 2.05) is 92.6 Å². The number of aryl methyl sites for hydroxylation is 1. The van der Waals surface area contributed by atoms with E-state index in [1.165, 1.54) is 11.8 Å². The van der Waals surface area contributed by atoms with E-state index < -0.39 is 112 Å². The van der Waals surface area contributed by atoms with Crippen LogP contribution >= 0.6 is 0 Å². The smallest absolute Gasteiger partial charge is 0.264 e. The summed E-state index contributed by atoms with van der Waals surface area (Å²) in [6.07, 6.45) is 5.18. The van der Waals surface area contributed by atoms with Gasteiger partial charge in [-0.2, -0.15) is 0 Å². The molecule has 0 aromatic heterocycles. The molecule has 0 unspecified atom stereocenters. The van der Waals surface area contributed by atoms with Crippen molar-refractivity contribution < 1.29 is 56.3 Å². The minimum atomic E-state index is -4.28. The number of sulfonamides is 1. The maximum atomic E-state index is 14.7. The molecule has 6 atom stereocenters.